The largest absolute Gasteiger partial charge is 0.507 e. The van der Waals surface area contributed by atoms with E-state index in [2.05, 4.69) is 34.6 Å². The van der Waals surface area contributed by atoms with Crippen molar-refractivity contribution < 1.29 is 54.1 Å². The molecule has 5 rings (SSSR count). The van der Waals surface area contributed by atoms with Gasteiger partial charge in [-0.1, -0.05) is 5.04 Å². The predicted molar refractivity (Wildman–Crippen MR) is 192 cm³/mol. The van der Waals surface area contributed by atoms with Crippen LogP contribution in [0.4, 0.5) is 45.5 Å². The Morgan fingerprint density at radius 3 is 1.91 bits per heavy atom. The van der Waals surface area contributed by atoms with Crippen molar-refractivity contribution in [3.05, 3.63) is 78.4 Å². The van der Waals surface area contributed by atoms with Crippen LogP contribution in [0.5, 0.6) is 5.75 Å². The van der Waals surface area contributed by atoms with Gasteiger partial charge in [-0.25, -0.2) is 13.7 Å². The number of benzene rings is 5. The molecule has 0 aliphatic carbocycles. The highest BCUT2D eigenvalue weighted by Gasteiger charge is 2.24. The van der Waals surface area contributed by atoms with Crippen molar-refractivity contribution in [1.82, 2.24) is 0 Å². The van der Waals surface area contributed by atoms with Crippen molar-refractivity contribution in [1.29, 1.82) is 0 Å². The molecule has 278 valence electrons. The molecule has 0 saturated carbocycles. The van der Waals surface area contributed by atoms with E-state index < -0.39 is 45.7 Å². The van der Waals surface area contributed by atoms with E-state index in [1.807, 2.05) is 0 Å². The maximum absolute atomic E-state index is 13.1. The van der Waals surface area contributed by atoms with Gasteiger partial charge < -0.3 is 22.3 Å². The second-order valence-electron chi connectivity index (χ2n) is 10.8. The summed E-state index contributed by atoms with van der Waals surface area (Å²) in [5, 5.41) is 38.5. The molecule has 0 amide bonds. The van der Waals surface area contributed by atoms with Gasteiger partial charge in [0.2, 0.25) is 0 Å². The van der Waals surface area contributed by atoms with E-state index >= 15 is 0 Å². The lowest BCUT2D eigenvalue weighted by molar-refractivity contribution is -0.432. The van der Waals surface area contributed by atoms with Gasteiger partial charge in [0.05, 0.1) is 45.4 Å². The number of phenols is 1. The van der Waals surface area contributed by atoms with Gasteiger partial charge >= 0.3 is 0 Å². The first-order valence-electron chi connectivity index (χ1n) is 14.2. The molecule has 0 unspecified atom stereocenters. The number of nitrogens with two attached hydrogens (primary N) is 3. The molecule has 0 radical (unpaired) electrons. The summed E-state index contributed by atoms with van der Waals surface area (Å²) in [6.45, 7) is 1.48. The third kappa shape index (κ3) is 8.62. The number of hydrogen-bond donors (Lipinski definition) is 8. The van der Waals surface area contributed by atoms with E-state index in [0.29, 0.717) is 12.0 Å². The highest BCUT2D eigenvalue weighted by molar-refractivity contribution is 7.94. The maximum atomic E-state index is 13.1. The van der Waals surface area contributed by atoms with Crippen molar-refractivity contribution >= 4 is 98.6 Å². The molecule has 53 heavy (non-hydrogen) atoms. The number of rotatable bonds is 12. The highest BCUT2D eigenvalue weighted by atomic mass is 32.2. The molecule has 11 N–H and O–H groups in total. The minimum Gasteiger partial charge on any atom is -0.507 e. The third-order valence-corrected chi connectivity index (χ3v) is 11.2. The SMILES string of the molecule is Cc1c(SOOO)cc2cc(S(=O)(=O)O)c(N=Nc3ccc(S(=O)(=O)Nc4ccc(N=Nc5cc(S(=O)(=O)O)c(N)cc5N)cc4)cc3)c(N)c2c1O. The fourth-order valence-corrected chi connectivity index (χ4v) is 7.54. The summed E-state index contributed by atoms with van der Waals surface area (Å²) < 4.78 is 99.8. The molecule has 0 aliphatic heterocycles. The molecule has 0 fully saturated rings. The van der Waals surface area contributed by atoms with Crippen LogP contribution < -0.4 is 21.9 Å². The first-order chi connectivity index (χ1) is 24.8. The van der Waals surface area contributed by atoms with Crippen molar-refractivity contribution in [2.75, 3.05) is 21.9 Å². The number of azo groups is 2. The normalized spacial score (nSPS) is 12.6. The summed E-state index contributed by atoms with van der Waals surface area (Å²) in [7, 11) is -13.7. The minimum atomic E-state index is -4.94. The van der Waals surface area contributed by atoms with Gasteiger partial charge in [-0.2, -0.15) is 27.1 Å². The van der Waals surface area contributed by atoms with Crippen LogP contribution in [0.3, 0.4) is 0 Å². The molecule has 5 aromatic carbocycles. The first-order valence-corrected chi connectivity index (χ1v) is 19.3. The Hall–Kier alpha value is -5.44. The zero-order chi connectivity index (χ0) is 38.9. The summed E-state index contributed by atoms with van der Waals surface area (Å²) in [5.74, 6) is -0.385. The number of hydrogen-bond acceptors (Lipinski definition) is 18. The smallest absolute Gasteiger partial charge is 0.296 e. The number of sulfonamides is 1. The Bertz CT molecular complexity index is 2640. The average molecular weight is 807 g/mol. The molecule has 0 heterocycles. The number of phenolic OH excluding ortho intramolecular Hbond substituents is 1. The standard InChI is InChI=1S/C29H26N8O12S4/c1-14-23(50-49-48-39)10-15-11-25(53(45,46)47)28(27(32)26(15)29(14)38)36-34-17-6-8-19(9-7-17)51(40,41)37-18-4-2-16(3-5-18)33-35-22-13-24(52(42,43)44)21(31)12-20(22)30/h2-13,37-39H,30-32H2,1H3,(H,42,43,44)(H,45,46,47). The lowest BCUT2D eigenvalue weighted by atomic mass is 10.0. The third-order valence-electron chi connectivity index (χ3n) is 7.26. The van der Waals surface area contributed by atoms with Crippen LogP contribution in [0.25, 0.3) is 10.8 Å². The number of anilines is 4. The molecule has 0 aliphatic rings. The average Bonchev–Trinajstić information content (AvgIpc) is 3.08. The summed E-state index contributed by atoms with van der Waals surface area (Å²) in [6, 6.07) is 14.9. The molecular weight excluding hydrogens is 781 g/mol. The van der Waals surface area contributed by atoms with Crippen LogP contribution >= 0.6 is 12.0 Å². The van der Waals surface area contributed by atoms with Crippen LogP contribution in [0.1, 0.15) is 5.56 Å². The first kappa shape index (κ1) is 38.8. The van der Waals surface area contributed by atoms with Gasteiger partial charge in [0.25, 0.3) is 30.3 Å². The Kier molecular flexibility index (Phi) is 10.9. The molecule has 5 aromatic rings. The lowest BCUT2D eigenvalue weighted by Gasteiger charge is -2.14. The fourth-order valence-electron chi connectivity index (χ4n) is 4.69. The van der Waals surface area contributed by atoms with E-state index in [9.17, 15) is 39.5 Å². The summed E-state index contributed by atoms with van der Waals surface area (Å²) in [6.07, 6.45) is 0. The minimum absolute atomic E-state index is 0.0107. The van der Waals surface area contributed by atoms with Crippen LogP contribution in [0.15, 0.2) is 113 Å². The molecular formula is C29H26N8O12S4. The quantitative estimate of drug-likeness (QED) is 0.0175. The topological polar surface area (TPSA) is 341 Å². The second-order valence-corrected chi connectivity index (χ2v) is 16.0. The number of nitrogens with zero attached hydrogens (tertiary/aromatic N) is 4. The summed E-state index contributed by atoms with van der Waals surface area (Å²) in [5.41, 5.74) is 17.0. The van der Waals surface area contributed by atoms with E-state index in [4.69, 9.17) is 22.5 Å². The number of nitrogens with one attached hydrogen (secondary N) is 1. The number of aromatic hydroxyl groups is 1. The zero-order valence-electron chi connectivity index (χ0n) is 26.6. The molecule has 20 nitrogen and oxygen atoms in total. The van der Waals surface area contributed by atoms with Crippen molar-refractivity contribution in [3.8, 4) is 5.75 Å². The van der Waals surface area contributed by atoms with Gasteiger partial charge in [0.15, 0.2) is 0 Å². The van der Waals surface area contributed by atoms with E-state index in [1.54, 1.807) is 0 Å². The Labute approximate surface area is 304 Å². The fraction of sp³-hybridized carbons (Fsp3) is 0.0345. The van der Waals surface area contributed by atoms with Crippen molar-refractivity contribution in [2.24, 2.45) is 20.5 Å². The van der Waals surface area contributed by atoms with E-state index in [0.717, 1.165) is 18.2 Å². The van der Waals surface area contributed by atoms with Crippen molar-refractivity contribution in [3.63, 3.8) is 0 Å². The molecule has 0 bridgehead atoms. The Morgan fingerprint density at radius 2 is 1.32 bits per heavy atom. The predicted octanol–water partition coefficient (Wildman–Crippen LogP) is 6.15. The molecule has 24 heteroatoms. The lowest BCUT2D eigenvalue weighted by Crippen LogP contribution is -2.12. The van der Waals surface area contributed by atoms with Crippen LogP contribution in [-0.2, 0) is 39.6 Å². The van der Waals surface area contributed by atoms with E-state index in [1.165, 1.54) is 61.5 Å². The molecule has 0 atom stereocenters. The molecule has 0 saturated heterocycles. The monoisotopic (exact) mass is 806 g/mol. The van der Waals surface area contributed by atoms with Gasteiger partial charge in [-0.3, -0.25) is 13.8 Å². The van der Waals surface area contributed by atoms with Crippen LogP contribution in [0.2, 0.25) is 0 Å². The Morgan fingerprint density at radius 1 is 0.736 bits per heavy atom. The highest BCUT2D eigenvalue weighted by Crippen LogP contribution is 2.45. The maximum Gasteiger partial charge on any atom is 0.296 e. The second kappa shape index (κ2) is 14.9. The summed E-state index contributed by atoms with van der Waals surface area (Å²) in [4.78, 5) is -1.33. The van der Waals surface area contributed by atoms with E-state index in [-0.39, 0.29) is 71.7 Å². The van der Waals surface area contributed by atoms with Gasteiger partial charge in [-0.05, 0) is 85.1 Å². The van der Waals surface area contributed by atoms with Gasteiger partial charge in [0, 0.05) is 21.5 Å². The van der Waals surface area contributed by atoms with Crippen LogP contribution in [-0.4, -0.2) is 44.7 Å². The van der Waals surface area contributed by atoms with Crippen molar-refractivity contribution in [2.45, 2.75) is 26.5 Å². The Balaban J connectivity index is 1.35. The molecule has 0 aromatic heterocycles. The van der Waals surface area contributed by atoms with Crippen LogP contribution in [0, 0.1) is 6.92 Å². The van der Waals surface area contributed by atoms with Gasteiger partial charge in [-0.15, -0.1) is 14.6 Å². The zero-order valence-corrected chi connectivity index (χ0v) is 29.9. The number of fused-ring (bicyclic) bond motifs is 1. The number of nitrogen functional groups attached to an aromatic ring is 3. The summed E-state index contributed by atoms with van der Waals surface area (Å²) >= 11 is 0.505. The molecule has 0 spiro atoms. The van der Waals surface area contributed by atoms with Gasteiger partial charge in [0.1, 0.15) is 26.9 Å².